The quantitative estimate of drug-likeness (QED) is 0.285. The molecule has 0 amide bonds. The number of ether oxygens (including phenoxy) is 1. The van der Waals surface area contributed by atoms with Crippen molar-refractivity contribution in [3.05, 3.63) is 33.3 Å². The van der Waals surface area contributed by atoms with Crippen LogP contribution in [0.15, 0.2) is 12.1 Å². The van der Waals surface area contributed by atoms with Gasteiger partial charge in [-0.2, -0.15) is 0 Å². The molecule has 1 aromatic rings. The minimum atomic E-state index is -0.451. The van der Waals surface area contributed by atoms with E-state index in [9.17, 15) is 4.79 Å². The molecule has 1 aromatic carbocycles. The summed E-state index contributed by atoms with van der Waals surface area (Å²) in [6, 6.07) is 3.41. The molecule has 0 radical (unpaired) electrons. The minimum Gasteiger partial charge on any atom is -0.465 e. The number of aryl methyl sites for hydroxylation is 1. The van der Waals surface area contributed by atoms with Crippen molar-refractivity contribution in [2.45, 2.75) is 77.6 Å². The minimum absolute atomic E-state index is 0.330. The molecular formula is C20H30Cl2O2. The van der Waals surface area contributed by atoms with Gasteiger partial charge in [-0.1, -0.05) is 87.9 Å². The van der Waals surface area contributed by atoms with E-state index in [1.165, 1.54) is 64.9 Å². The topological polar surface area (TPSA) is 26.3 Å². The van der Waals surface area contributed by atoms with E-state index in [0.717, 1.165) is 18.4 Å². The Balaban J connectivity index is 2.24. The predicted molar refractivity (Wildman–Crippen MR) is 103 cm³/mol. The Morgan fingerprint density at radius 1 is 0.875 bits per heavy atom. The first-order valence-corrected chi connectivity index (χ1v) is 9.92. The highest BCUT2D eigenvalue weighted by molar-refractivity contribution is 6.36. The van der Waals surface area contributed by atoms with Gasteiger partial charge >= 0.3 is 5.97 Å². The molecule has 0 fully saturated rings. The summed E-state index contributed by atoms with van der Waals surface area (Å²) < 4.78 is 4.70. The number of methoxy groups -OCH3 is 1. The van der Waals surface area contributed by atoms with Crippen LogP contribution in [-0.4, -0.2) is 13.1 Å². The number of esters is 1. The Kier molecular flexibility index (Phi) is 11.2. The maximum atomic E-state index is 11.6. The second-order valence-electron chi connectivity index (χ2n) is 6.35. The van der Waals surface area contributed by atoms with Crippen molar-refractivity contribution in [3.63, 3.8) is 0 Å². The van der Waals surface area contributed by atoms with Gasteiger partial charge in [0, 0.05) is 5.02 Å². The molecule has 0 spiro atoms. The summed E-state index contributed by atoms with van der Waals surface area (Å²) in [5.74, 6) is -0.451. The lowest BCUT2D eigenvalue weighted by Crippen LogP contribution is -2.03. The van der Waals surface area contributed by atoms with Crippen LogP contribution >= 0.6 is 23.2 Å². The first kappa shape index (κ1) is 21.3. The smallest absolute Gasteiger partial charge is 0.339 e. The molecule has 0 unspecified atom stereocenters. The summed E-state index contributed by atoms with van der Waals surface area (Å²) >= 11 is 12.4. The van der Waals surface area contributed by atoms with Crippen molar-refractivity contribution >= 4 is 29.2 Å². The van der Waals surface area contributed by atoms with E-state index in [1.54, 1.807) is 12.1 Å². The van der Waals surface area contributed by atoms with Gasteiger partial charge < -0.3 is 4.74 Å². The molecule has 136 valence electrons. The van der Waals surface area contributed by atoms with Crippen LogP contribution in [-0.2, 0) is 11.2 Å². The highest BCUT2D eigenvalue weighted by Gasteiger charge is 2.14. The van der Waals surface area contributed by atoms with Crippen LogP contribution in [0.25, 0.3) is 0 Å². The number of carbonyl (C=O) groups is 1. The van der Waals surface area contributed by atoms with Gasteiger partial charge in [0.25, 0.3) is 0 Å². The maximum Gasteiger partial charge on any atom is 0.339 e. The van der Waals surface area contributed by atoms with Crippen molar-refractivity contribution in [3.8, 4) is 0 Å². The second-order valence-corrected chi connectivity index (χ2v) is 7.16. The monoisotopic (exact) mass is 372 g/mol. The molecule has 0 N–H and O–H groups in total. The molecular weight excluding hydrogens is 343 g/mol. The van der Waals surface area contributed by atoms with Crippen LogP contribution in [0, 0.1) is 0 Å². The van der Waals surface area contributed by atoms with Crippen LogP contribution in [0.3, 0.4) is 0 Å². The highest BCUT2D eigenvalue weighted by atomic mass is 35.5. The third kappa shape index (κ3) is 7.90. The molecule has 4 heteroatoms. The number of rotatable bonds is 12. The van der Waals surface area contributed by atoms with E-state index < -0.39 is 5.97 Å². The standard InChI is InChI=1S/C20H30Cl2O2/c1-3-4-5-6-7-8-9-10-11-12-13-16-14-19(22)17(15-18(16)21)20(23)24-2/h14-15H,3-13H2,1-2H3. The van der Waals surface area contributed by atoms with E-state index >= 15 is 0 Å². The fourth-order valence-corrected chi connectivity index (χ4v) is 3.37. The molecule has 1 rings (SSSR count). The molecule has 2 nitrogen and oxygen atoms in total. The number of carbonyl (C=O) groups excluding carboxylic acids is 1. The first-order valence-electron chi connectivity index (χ1n) is 9.16. The van der Waals surface area contributed by atoms with E-state index in [-0.39, 0.29) is 0 Å². The zero-order chi connectivity index (χ0) is 17.8. The molecule has 0 saturated carbocycles. The lowest BCUT2D eigenvalue weighted by Gasteiger charge is -2.09. The summed E-state index contributed by atoms with van der Waals surface area (Å²) in [5, 5.41) is 1.00. The Morgan fingerprint density at radius 2 is 1.42 bits per heavy atom. The van der Waals surface area contributed by atoms with Crippen LogP contribution < -0.4 is 0 Å². The normalized spacial score (nSPS) is 10.8. The summed E-state index contributed by atoms with van der Waals surface area (Å²) in [6.07, 6.45) is 14.0. The zero-order valence-corrected chi connectivity index (χ0v) is 16.5. The molecule has 0 saturated heterocycles. The van der Waals surface area contributed by atoms with Gasteiger partial charge in [0.2, 0.25) is 0 Å². The first-order chi connectivity index (χ1) is 11.6. The van der Waals surface area contributed by atoms with E-state index in [0.29, 0.717) is 15.6 Å². The van der Waals surface area contributed by atoms with Gasteiger partial charge in [0.05, 0.1) is 17.7 Å². The fraction of sp³-hybridized carbons (Fsp3) is 0.650. The molecule has 0 bridgehead atoms. The van der Waals surface area contributed by atoms with Crippen molar-refractivity contribution in [1.82, 2.24) is 0 Å². The molecule has 0 aliphatic heterocycles. The largest absolute Gasteiger partial charge is 0.465 e. The zero-order valence-electron chi connectivity index (χ0n) is 15.0. The van der Waals surface area contributed by atoms with Crippen LogP contribution in [0.4, 0.5) is 0 Å². The maximum absolute atomic E-state index is 11.6. The Hall–Kier alpha value is -0.730. The second kappa shape index (κ2) is 12.6. The Labute approximate surface area is 156 Å². The van der Waals surface area contributed by atoms with Gasteiger partial charge in [0.15, 0.2) is 0 Å². The molecule has 0 atom stereocenters. The third-order valence-electron chi connectivity index (χ3n) is 4.34. The number of hydrogen-bond acceptors (Lipinski definition) is 2. The lowest BCUT2D eigenvalue weighted by atomic mass is 10.0. The van der Waals surface area contributed by atoms with Gasteiger partial charge in [-0.3, -0.25) is 0 Å². The van der Waals surface area contributed by atoms with Crippen LogP contribution in [0.1, 0.15) is 87.1 Å². The molecule has 24 heavy (non-hydrogen) atoms. The van der Waals surface area contributed by atoms with Crippen molar-refractivity contribution < 1.29 is 9.53 Å². The molecule has 0 aliphatic carbocycles. The van der Waals surface area contributed by atoms with Crippen molar-refractivity contribution in [2.75, 3.05) is 7.11 Å². The number of unbranched alkanes of at least 4 members (excludes halogenated alkanes) is 9. The molecule has 0 aliphatic rings. The summed E-state index contributed by atoms with van der Waals surface area (Å²) in [6.45, 7) is 2.25. The van der Waals surface area contributed by atoms with E-state index in [2.05, 4.69) is 6.92 Å². The van der Waals surface area contributed by atoms with Gasteiger partial charge in [-0.25, -0.2) is 4.79 Å². The average molecular weight is 373 g/mol. The Morgan fingerprint density at radius 3 is 1.96 bits per heavy atom. The highest BCUT2D eigenvalue weighted by Crippen LogP contribution is 2.27. The van der Waals surface area contributed by atoms with Gasteiger partial charge in [-0.05, 0) is 30.5 Å². The van der Waals surface area contributed by atoms with Crippen LogP contribution in [0.5, 0.6) is 0 Å². The number of hydrogen-bond donors (Lipinski definition) is 0. The Bertz CT molecular complexity index is 501. The predicted octanol–water partition coefficient (Wildman–Crippen LogP) is 7.24. The fourth-order valence-electron chi connectivity index (χ4n) is 2.85. The SMILES string of the molecule is CCCCCCCCCCCCc1cc(Cl)c(C(=O)OC)cc1Cl. The van der Waals surface area contributed by atoms with Crippen molar-refractivity contribution in [1.29, 1.82) is 0 Å². The van der Waals surface area contributed by atoms with Gasteiger partial charge in [-0.15, -0.1) is 0 Å². The lowest BCUT2D eigenvalue weighted by molar-refractivity contribution is 0.0601. The van der Waals surface area contributed by atoms with Crippen LogP contribution in [0.2, 0.25) is 10.0 Å². The number of halogens is 2. The molecule has 0 heterocycles. The summed E-state index contributed by atoms with van der Waals surface area (Å²) in [7, 11) is 1.34. The van der Waals surface area contributed by atoms with Crippen molar-refractivity contribution in [2.24, 2.45) is 0 Å². The average Bonchev–Trinajstić information content (AvgIpc) is 2.58. The van der Waals surface area contributed by atoms with Gasteiger partial charge in [0.1, 0.15) is 0 Å². The number of benzene rings is 1. The van der Waals surface area contributed by atoms with E-state index in [1.807, 2.05) is 0 Å². The molecule has 0 aromatic heterocycles. The van der Waals surface area contributed by atoms with E-state index in [4.69, 9.17) is 27.9 Å². The summed E-state index contributed by atoms with van der Waals surface area (Å²) in [5.41, 5.74) is 1.34. The summed E-state index contributed by atoms with van der Waals surface area (Å²) in [4.78, 5) is 11.6. The third-order valence-corrected chi connectivity index (χ3v) is 5.01.